The second-order valence-electron chi connectivity index (χ2n) is 7.41. The van der Waals surface area contributed by atoms with Crippen LogP contribution in [0, 0.1) is 0 Å². The lowest BCUT2D eigenvalue weighted by molar-refractivity contribution is 0.126. The maximum atomic E-state index is 9.92. The Hall–Kier alpha value is -1.02. The number of aliphatic hydroxyl groups excluding tert-OH is 1. The van der Waals surface area contributed by atoms with Crippen molar-refractivity contribution in [2.45, 2.75) is 64.5 Å². The molecule has 1 N–H and O–H groups in total. The lowest BCUT2D eigenvalue weighted by atomic mass is 9.86. The minimum absolute atomic E-state index is 0.127. The summed E-state index contributed by atoms with van der Waals surface area (Å²) in [7, 11) is 0. The zero-order valence-corrected chi connectivity index (χ0v) is 12.9. The summed E-state index contributed by atoms with van der Waals surface area (Å²) < 4.78 is 0. The van der Waals surface area contributed by atoms with Crippen molar-refractivity contribution in [3.8, 4) is 0 Å². The van der Waals surface area contributed by atoms with Gasteiger partial charge in [-0.15, -0.1) is 0 Å². The third-order valence-corrected chi connectivity index (χ3v) is 4.26. The van der Waals surface area contributed by atoms with Crippen molar-refractivity contribution < 1.29 is 5.11 Å². The maximum absolute atomic E-state index is 9.92. The van der Waals surface area contributed by atoms with Crippen LogP contribution in [0.4, 0.5) is 5.69 Å². The van der Waals surface area contributed by atoms with Crippen molar-refractivity contribution in [3.63, 3.8) is 0 Å². The van der Waals surface area contributed by atoms with Gasteiger partial charge in [-0.2, -0.15) is 0 Å². The van der Waals surface area contributed by atoms with Crippen LogP contribution in [-0.4, -0.2) is 23.3 Å². The molecule has 2 heteroatoms. The predicted octanol–water partition coefficient (Wildman–Crippen LogP) is 3.72. The minimum atomic E-state index is -0.199. The van der Waals surface area contributed by atoms with Crippen molar-refractivity contribution in [1.82, 2.24) is 0 Å². The number of piperidine rings is 1. The van der Waals surface area contributed by atoms with Crippen LogP contribution in [0.5, 0.6) is 0 Å². The Morgan fingerprint density at radius 1 is 1.16 bits per heavy atom. The molecular formula is C17H27NO. The van der Waals surface area contributed by atoms with Gasteiger partial charge in [0.1, 0.15) is 0 Å². The number of hydrogen-bond donors (Lipinski definition) is 1. The molecule has 1 heterocycles. The number of β-amino-alcohol motifs (C(OH)–C–C–N with tert-alkyl or cyclic N) is 1. The van der Waals surface area contributed by atoms with Gasteiger partial charge in [0.25, 0.3) is 0 Å². The van der Waals surface area contributed by atoms with Crippen LogP contribution in [-0.2, 0) is 5.41 Å². The summed E-state index contributed by atoms with van der Waals surface area (Å²) in [6, 6.07) is 8.82. The smallest absolute Gasteiger partial charge is 0.0716 e. The molecule has 1 unspecified atom stereocenters. The highest BCUT2D eigenvalue weighted by atomic mass is 16.3. The first-order valence-corrected chi connectivity index (χ1v) is 7.26. The second-order valence-corrected chi connectivity index (χ2v) is 7.41. The molecule has 1 aliphatic rings. The Labute approximate surface area is 117 Å². The normalized spacial score (nSPS) is 23.5. The highest BCUT2D eigenvalue weighted by molar-refractivity contribution is 5.51. The fourth-order valence-corrected chi connectivity index (χ4v) is 2.80. The highest BCUT2D eigenvalue weighted by Crippen LogP contribution is 2.33. The van der Waals surface area contributed by atoms with E-state index < -0.39 is 0 Å². The first kappa shape index (κ1) is 14.4. The van der Waals surface area contributed by atoms with Crippen LogP contribution >= 0.6 is 0 Å². The minimum Gasteiger partial charge on any atom is -0.391 e. The van der Waals surface area contributed by atoms with Gasteiger partial charge in [0.05, 0.1) is 6.10 Å². The molecular weight excluding hydrogens is 234 g/mol. The zero-order valence-electron chi connectivity index (χ0n) is 12.9. The van der Waals surface area contributed by atoms with E-state index in [2.05, 4.69) is 63.8 Å². The molecule has 0 saturated carbocycles. The molecule has 1 saturated heterocycles. The van der Waals surface area contributed by atoms with Crippen LogP contribution in [0.3, 0.4) is 0 Å². The molecule has 2 rings (SSSR count). The Morgan fingerprint density at radius 3 is 2.26 bits per heavy atom. The SMILES string of the molecule is CC(C)(C)c1ccc(N2CC(O)CCC2(C)C)cc1. The zero-order chi connectivity index (χ0) is 14.3. The van der Waals surface area contributed by atoms with Gasteiger partial charge in [-0.05, 0) is 49.8 Å². The van der Waals surface area contributed by atoms with Crippen molar-refractivity contribution >= 4 is 5.69 Å². The van der Waals surface area contributed by atoms with Crippen molar-refractivity contribution in [3.05, 3.63) is 29.8 Å². The Kier molecular flexibility index (Phi) is 3.65. The van der Waals surface area contributed by atoms with E-state index in [1.54, 1.807) is 0 Å². The van der Waals surface area contributed by atoms with Crippen LogP contribution in [0.25, 0.3) is 0 Å². The molecule has 19 heavy (non-hydrogen) atoms. The molecule has 0 aliphatic carbocycles. The van der Waals surface area contributed by atoms with Crippen LogP contribution in [0.1, 0.15) is 53.0 Å². The second kappa shape index (κ2) is 4.82. The largest absolute Gasteiger partial charge is 0.391 e. The number of aliphatic hydroxyl groups is 1. The van der Waals surface area contributed by atoms with Gasteiger partial charge >= 0.3 is 0 Å². The van der Waals surface area contributed by atoms with Gasteiger partial charge in [0.2, 0.25) is 0 Å². The molecule has 0 amide bonds. The predicted molar refractivity (Wildman–Crippen MR) is 81.8 cm³/mol. The van der Waals surface area contributed by atoms with E-state index in [0.717, 1.165) is 19.4 Å². The van der Waals surface area contributed by atoms with E-state index >= 15 is 0 Å². The average molecular weight is 261 g/mol. The maximum Gasteiger partial charge on any atom is 0.0716 e. The molecule has 0 bridgehead atoms. The third-order valence-electron chi connectivity index (χ3n) is 4.26. The number of anilines is 1. The number of benzene rings is 1. The molecule has 1 aromatic rings. The van der Waals surface area contributed by atoms with E-state index in [1.807, 2.05) is 0 Å². The van der Waals surface area contributed by atoms with E-state index in [-0.39, 0.29) is 17.1 Å². The van der Waals surface area contributed by atoms with Crippen molar-refractivity contribution in [1.29, 1.82) is 0 Å². The topological polar surface area (TPSA) is 23.5 Å². The van der Waals surface area contributed by atoms with Gasteiger partial charge in [0.15, 0.2) is 0 Å². The molecule has 0 radical (unpaired) electrons. The fraction of sp³-hybridized carbons (Fsp3) is 0.647. The average Bonchev–Trinajstić information content (AvgIpc) is 2.31. The first-order valence-electron chi connectivity index (χ1n) is 7.26. The quantitative estimate of drug-likeness (QED) is 0.832. The van der Waals surface area contributed by atoms with Gasteiger partial charge in [-0.3, -0.25) is 0 Å². The van der Waals surface area contributed by atoms with Crippen LogP contribution < -0.4 is 4.90 Å². The van der Waals surface area contributed by atoms with E-state index in [9.17, 15) is 5.11 Å². The Morgan fingerprint density at radius 2 is 1.74 bits per heavy atom. The van der Waals surface area contributed by atoms with E-state index in [1.165, 1.54) is 11.3 Å². The fourth-order valence-electron chi connectivity index (χ4n) is 2.80. The summed E-state index contributed by atoms with van der Waals surface area (Å²) in [4.78, 5) is 2.34. The summed E-state index contributed by atoms with van der Waals surface area (Å²) >= 11 is 0. The molecule has 1 aromatic carbocycles. The highest BCUT2D eigenvalue weighted by Gasteiger charge is 2.33. The Bertz CT molecular complexity index is 428. The van der Waals surface area contributed by atoms with Crippen molar-refractivity contribution in [2.75, 3.05) is 11.4 Å². The van der Waals surface area contributed by atoms with Gasteiger partial charge in [0, 0.05) is 17.8 Å². The molecule has 1 aliphatic heterocycles. The number of hydrogen-bond acceptors (Lipinski definition) is 2. The van der Waals surface area contributed by atoms with Crippen LogP contribution in [0.15, 0.2) is 24.3 Å². The summed E-state index contributed by atoms with van der Waals surface area (Å²) in [6.07, 6.45) is 1.74. The summed E-state index contributed by atoms with van der Waals surface area (Å²) in [5.41, 5.74) is 2.89. The van der Waals surface area contributed by atoms with E-state index in [4.69, 9.17) is 0 Å². The summed E-state index contributed by atoms with van der Waals surface area (Å²) in [5, 5.41) is 9.92. The third kappa shape index (κ3) is 3.11. The summed E-state index contributed by atoms with van der Waals surface area (Å²) in [5.74, 6) is 0. The van der Waals surface area contributed by atoms with Gasteiger partial charge in [-0.1, -0.05) is 32.9 Å². The first-order chi connectivity index (χ1) is 8.70. The lowest BCUT2D eigenvalue weighted by Gasteiger charge is -2.46. The Balaban J connectivity index is 2.26. The molecule has 0 aromatic heterocycles. The summed E-state index contributed by atoms with van der Waals surface area (Å²) in [6.45, 7) is 12.0. The lowest BCUT2D eigenvalue weighted by Crippen LogP contribution is -2.52. The molecule has 1 fully saturated rings. The van der Waals surface area contributed by atoms with Crippen LogP contribution in [0.2, 0.25) is 0 Å². The standard InChI is InChI=1S/C17H27NO/c1-16(2,3)13-6-8-14(9-7-13)18-12-15(19)10-11-17(18,4)5/h6-9,15,19H,10-12H2,1-5H3. The van der Waals surface area contributed by atoms with E-state index in [0.29, 0.717) is 0 Å². The molecule has 106 valence electrons. The molecule has 2 nitrogen and oxygen atoms in total. The van der Waals surface area contributed by atoms with Gasteiger partial charge < -0.3 is 10.0 Å². The molecule has 0 spiro atoms. The van der Waals surface area contributed by atoms with Gasteiger partial charge in [-0.25, -0.2) is 0 Å². The molecule has 1 atom stereocenters. The number of nitrogens with zero attached hydrogens (tertiary/aromatic N) is 1. The van der Waals surface area contributed by atoms with Crippen molar-refractivity contribution in [2.24, 2.45) is 0 Å². The number of rotatable bonds is 1. The monoisotopic (exact) mass is 261 g/mol.